The summed E-state index contributed by atoms with van der Waals surface area (Å²) in [6.07, 6.45) is 2.41. The van der Waals surface area contributed by atoms with Gasteiger partial charge in [0.2, 0.25) is 5.91 Å². The maximum atomic E-state index is 11.2. The van der Waals surface area contributed by atoms with Crippen LogP contribution < -0.4 is 11.1 Å². The summed E-state index contributed by atoms with van der Waals surface area (Å²) >= 11 is 1.49. The Morgan fingerprint density at radius 1 is 1.55 bits per heavy atom. The highest BCUT2D eigenvalue weighted by Crippen LogP contribution is 2.36. The number of rotatable bonds is 7. The zero-order valence-electron chi connectivity index (χ0n) is 10.9. The molecule has 1 atom stereocenters. The van der Waals surface area contributed by atoms with Crippen LogP contribution in [0.1, 0.15) is 29.3 Å². The lowest BCUT2D eigenvalue weighted by molar-refractivity contribution is -0.139. The van der Waals surface area contributed by atoms with Gasteiger partial charge >= 0.3 is 5.97 Å². The number of thiazole rings is 1. The van der Waals surface area contributed by atoms with Gasteiger partial charge in [0, 0.05) is 11.4 Å². The molecule has 110 valence electrons. The molecule has 0 saturated heterocycles. The quantitative estimate of drug-likeness (QED) is 0.634. The van der Waals surface area contributed by atoms with Crippen molar-refractivity contribution < 1.29 is 19.4 Å². The molecule has 0 aliphatic heterocycles. The number of carboxylic acids is 1. The maximum Gasteiger partial charge on any atom is 0.312 e. The first-order chi connectivity index (χ1) is 9.58. The van der Waals surface area contributed by atoms with Gasteiger partial charge in [-0.25, -0.2) is 4.98 Å². The molecule has 1 heterocycles. The Morgan fingerprint density at radius 3 is 3.05 bits per heavy atom. The number of nitrogens with zero attached hydrogens (tertiary/aromatic N) is 1. The number of carbonyl (C=O) groups is 2. The van der Waals surface area contributed by atoms with E-state index in [1.807, 2.05) is 0 Å². The number of carboxylic acid groups (broad SMARTS) is 1. The Bertz CT molecular complexity index is 503. The third-order valence-electron chi connectivity index (χ3n) is 3.02. The van der Waals surface area contributed by atoms with Gasteiger partial charge in [-0.3, -0.25) is 9.59 Å². The van der Waals surface area contributed by atoms with Gasteiger partial charge in [0.1, 0.15) is 12.5 Å². The second-order valence-corrected chi connectivity index (χ2v) is 5.64. The number of carbonyl (C=O) groups excluding carboxylic acids is 1. The van der Waals surface area contributed by atoms with Crippen molar-refractivity contribution in [2.24, 2.45) is 5.73 Å². The van der Waals surface area contributed by atoms with Gasteiger partial charge in [-0.15, -0.1) is 11.3 Å². The third-order valence-corrected chi connectivity index (χ3v) is 4.11. The molecule has 2 rings (SSSR count). The fraction of sp³-hybridized carbons (Fsp3) is 0.583. The number of hydrogen-bond donors (Lipinski definition) is 3. The molecule has 0 aromatic carbocycles. The van der Waals surface area contributed by atoms with E-state index in [4.69, 9.17) is 10.5 Å². The van der Waals surface area contributed by atoms with Gasteiger partial charge in [0.05, 0.1) is 12.3 Å². The molecule has 1 aliphatic carbocycles. The van der Waals surface area contributed by atoms with Crippen molar-refractivity contribution in [3.05, 3.63) is 10.6 Å². The summed E-state index contributed by atoms with van der Waals surface area (Å²) in [5.74, 6) is -1.80. The minimum Gasteiger partial charge on any atom is -0.481 e. The van der Waals surface area contributed by atoms with Gasteiger partial charge < -0.3 is 20.9 Å². The summed E-state index contributed by atoms with van der Waals surface area (Å²) < 4.78 is 5.02. The van der Waals surface area contributed by atoms with Crippen molar-refractivity contribution in [1.29, 1.82) is 0 Å². The van der Waals surface area contributed by atoms with Crippen molar-refractivity contribution in [1.82, 2.24) is 4.98 Å². The molecule has 0 spiro atoms. The Balaban J connectivity index is 1.88. The van der Waals surface area contributed by atoms with Crippen molar-refractivity contribution >= 4 is 28.3 Å². The highest BCUT2D eigenvalue weighted by atomic mass is 32.1. The molecule has 8 heteroatoms. The minimum absolute atomic E-state index is 0.100. The van der Waals surface area contributed by atoms with E-state index >= 15 is 0 Å². The topological polar surface area (TPSA) is 115 Å². The Kier molecular flexibility index (Phi) is 4.91. The minimum atomic E-state index is -0.812. The zero-order valence-corrected chi connectivity index (χ0v) is 11.7. The first kappa shape index (κ1) is 14.7. The number of amides is 1. The average molecular weight is 299 g/mol. The van der Waals surface area contributed by atoms with Crippen LogP contribution in [0.2, 0.25) is 0 Å². The molecular formula is C12H17N3O4S. The molecule has 0 saturated carbocycles. The molecule has 20 heavy (non-hydrogen) atoms. The normalized spacial score (nSPS) is 17.5. The van der Waals surface area contributed by atoms with E-state index in [0.717, 1.165) is 17.7 Å². The molecule has 1 unspecified atom stereocenters. The second-order valence-electron chi connectivity index (χ2n) is 4.56. The van der Waals surface area contributed by atoms with Crippen LogP contribution in [-0.2, 0) is 20.7 Å². The van der Waals surface area contributed by atoms with Gasteiger partial charge in [-0.1, -0.05) is 0 Å². The van der Waals surface area contributed by atoms with Crippen LogP contribution in [0.5, 0.6) is 0 Å². The van der Waals surface area contributed by atoms with Crippen LogP contribution in [0, 0.1) is 0 Å². The van der Waals surface area contributed by atoms with Crippen LogP contribution in [0.15, 0.2) is 0 Å². The molecular weight excluding hydrogens is 282 g/mol. The summed E-state index contributed by atoms with van der Waals surface area (Å²) in [7, 11) is 0. The molecule has 4 N–H and O–H groups in total. The molecule has 1 aromatic heterocycles. The first-order valence-corrected chi connectivity index (χ1v) is 7.22. The standard InChI is InChI=1S/C12H17N3O4S/c13-9(16)6-19-5-4-14-12-15-10-7(11(17)18)2-1-3-8(10)20-12/h7H,1-6H2,(H2,13,16)(H,14,15)(H,17,18). The van der Waals surface area contributed by atoms with E-state index in [9.17, 15) is 14.7 Å². The van der Waals surface area contributed by atoms with Crippen molar-refractivity contribution in [2.45, 2.75) is 25.2 Å². The lowest BCUT2D eigenvalue weighted by atomic mass is 9.91. The van der Waals surface area contributed by atoms with E-state index in [2.05, 4.69) is 10.3 Å². The summed E-state index contributed by atoms with van der Waals surface area (Å²) in [4.78, 5) is 27.1. The molecule has 0 fully saturated rings. The predicted octanol–water partition coefficient (Wildman–Crippen LogP) is 0.561. The van der Waals surface area contributed by atoms with Gasteiger partial charge in [0.15, 0.2) is 5.13 Å². The Labute approximate surface area is 120 Å². The monoisotopic (exact) mass is 299 g/mol. The first-order valence-electron chi connectivity index (χ1n) is 6.40. The van der Waals surface area contributed by atoms with Crippen molar-refractivity contribution in [3.63, 3.8) is 0 Å². The molecule has 1 aliphatic rings. The number of anilines is 1. The van der Waals surface area contributed by atoms with Crippen LogP contribution >= 0.6 is 11.3 Å². The Hall–Kier alpha value is -1.67. The third kappa shape index (κ3) is 3.67. The van der Waals surface area contributed by atoms with Gasteiger partial charge in [0.25, 0.3) is 0 Å². The summed E-state index contributed by atoms with van der Waals surface area (Å²) in [5, 5.41) is 12.9. The maximum absolute atomic E-state index is 11.2. The highest BCUT2D eigenvalue weighted by Gasteiger charge is 2.29. The van der Waals surface area contributed by atoms with Crippen molar-refractivity contribution in [2.75, 3.05) is 25.1 Å². The zero-order chi connectivity index (χ0) is 14.5. The number of fused-ring (bicyclic) bond motifs is 1. The fourth-order valence-electron chi connectivity index (χ4n) is 2.14. The smallest absolute Gasteiger partial charge is 0.312 e. The Morgan fingerprint density at radius 2 is 2.35 bits per heavy atom. The van der Waals surface area contributed by atoms with E-state index in [1.165, 1.54) is 11.3 Å². The average Bonchev–Trinajstić information content (AvgIpc) is 2.80. The van der Waals surface area contributed by atoms with Crippen molar-refractivity contribution in [3.8, 4) is 0 Å². The number of primary amides is 1. The van der Waals surface area contributed by atoms with E-state index in [0.29, 0.717) is 30.4 Å². The SMILES string of the molecule is NC(=O)COCCNc1nc2c(s1)CCCC2C(=O)O. The lowest BCUT2D eigenvalue weighted by Crippen LogP contribution is -2.20. The van der Waals surface area contributed by atoms with Gasteiger partial charge in [-0.05, 0) is 19.3 Å². The van der Waals surface area contributed by atoms with E-state index < -0.39 is 17.8 Å². The predicted molar refractivity (Wildman–Crippen MR) is 73.9 cm³/mol. The fourth-order valence-corrected chi connectivity index (χ4v) is 3.23. The van der Waals surface area contributed by atoms with E-state index in [1.54, 1.807) is 0 Å². The second kappa shape index (κ2) is 6.67. The summed E-state index contributed by atoms with van der Waals surface area (Å²) in [5.41, 5.74) is 5.63. The molecule has 7 nitrogen and oxygen atoms in total. The summed E-state index contributed by atoms with van der Waals surface area (Å²) in [6, 6.07) is 0. The van der Waals surface area contributed by atoms with Crippen LogP contribution in [-0.4, -0.2) is 41.7 Å². The van der Waals surface area contributed by atoms with Gasteiger partial charge in [-0.2, -0.15) is 0 Å². The molecule has 1 aromatic rings. The lowest BCUT2D eigenvalue weighted by Gasteiger charge is -2.16. The number of aliphatic carboxylic acids is 1. The molecule has 0 radical (unpaired) electrons. The van der Waals surface area contributed by atoms with E-state index in [-0.39, 0.29) is 6.61 Å². The molecule has 0 bridgehead atoms. The number of aryl methyl sites for hydroxylation is 1. The number of ether oxygens (including phenoxy) is 1. The number of nitrogens with one attached hydrogen (secondary N) is 1. The number of hydrogen-bond acceptors (Lipinski definition) is 6. The summed E-state index contributed by atoms with van der Waals surface area (Å²) in [6.45, 7) is 0.740. The number of nitrogens with two attached hydrogens (primary N) is 1. The molecule has 1 amide bonds. The van der Waals surface area contributed by atoms with Crippen LogP contribution in [0.4, 0.5) is 5.13 Å². The van der Waals surface area contributed by atoms with Crippen LogP contribution in [0.25, 0.3) is 0 Å². The highest BCUT2D eigenvalue weighted by molar-refractivity contribution is 7.15. The number of aromatic nitrogens is 1. The van der Waals surface area contributed by atoms with Crippen LogP contribution in [0.3, 0.4) is 0 Å². The largest absolute Gasteiger partial charge is 0.481 e.